The maximum atomic E-state index is 13.6. The van der Waals surface area contributed by atoms with Gasteiger partial charge in [-0.25, -0.2) is 4.39 Å². The second kappa shape index (κ2) is 10.8. The third kappa shape index (κ3) is 5.51. The molecule has 0 bridgehead atoms. The van der Waals surface area contributed by atoms with Gasteiger partial charge in [-0.1, -0.05) is 54.6 Å². The second-order valence-corrected chi connectivity index (χ2v) is 11.2. The minimum absolute atomic E-state index is 0.0665. The van der Waals surface area contributed by atoms with Gasteiger partial charge in [-0.2, -0.15) is 0 Å². The Morgan fingerprint density at radius 1 is 0.872 bits per heavy atom. The fraction of sp³-hybridized carbons (Fsp3) is 0.167. The molecule has 0 spiro atoms. The lowest BCUT2D eigenvalue weighted by Crippen LogP contribution is -2.55. The van der Waals surface area contributed by atoms with Crippen molar-refractivity contribution < 1.29 is 33.7 Å². The van der Waals surface area contributed by atoms with Crippen LogP contribution < -0.4 is 10.2 Å². The van der Waals surface area contributed by atoms with Crippen molar-refractivity contribution in [2.24, 2.45) is 5.92 Å². The molecule has 9 heteroatoms. The van der Waals surface area contributed by atoms with Gasteiger partial charge in [0.15, 0.2) is 0 Å². The zero-order valence-electron chi connectivity index (χ0n) is 20.8. The number of amides is 1. The Bertz CT molecular complexity index is 1560. The number of hydrogen-bond donors (Lipinski definition) is 4. The van der Waals surface area contributed by atoms with E-state index in [9.17, 15) is 33.7 Å². The van der Waals surface area contributed by atoms with Crippen molar-refractivity contribution in [3.63, 3.8) is 0 Å². The number of para-hydroxylation sites is 1. The average Bonchev–Trinajstić information content (AvgIpc) is 2.92. The molecule has 39 heavy (non-hydrogen) atoms. The molecule has 0 radical (unpaired) electrons. The van der Waals surface area contributed by atoms with Crippen LogP contribution in [0.2, 0.25) is 0 Å². The molecule has 4 N–H and O–H groups in total. The van der Waals surface area contributed by atoms with Gasteiger partial charge in [0, 0.05) is 11.3 Å². The van der Waals surface area contributed by atoms with Crippen molar-refractivity contribution in [3.05, 3.63) is 114 Å². The number of phenolic OH excluding ortho intramolecular Hbond substituents is 1. The summed E-state index contributed by atoms with van der Waals surface area (Å²) in [4.78, 5) is 34.0. The van der Waals surface area contributed by atoms with E-state index >= 15 is 0 Å². The highest BCUT2D eigenvalue weighted by molar-refractivity contribution is 7.60. The maximum absolute atomic E-state index is 13.6. The molecule has 1 saturated heterocycles. The molecule has 4 aromatic carbocycles. The van der Waals surface area contributed by atoms with E-state index in [4.69, 9.17) is 0 Å². The van der Waals surface area contributed by atoms with Crippen molar-refractivity contribution in [3.8, 4) is 16.9 Å². The molecule has 0 unspecified atom stereocenters. The van der Waals surface area contributed by atoms with Crippen LogP contribution in [-0.2, 0) is 9.36 Å². The summed E-state index contributed by atoms with van der Waals surface area (Å²) in [6, 6.07) is 25.2. The highest BCUT2D eigenvalue weighted by Gasteiger charge is 2.49. The molecule has 1 fully saturated rings. The smallest absolute Gasteiger partial charge is 0.356 e. The van der Waals surface area contributed by atoms with Gasteiger partial charge >= 0.3 is 7.60 Å². The van der Waals surface area contributed by atoms with Crippen molar-refractivity contribution in [2.75, 3.05) is 4.90 Å². The van der Waals surface area contributed by atoms with E-state index in [-0.39, 0.29) is 23.4 Å². The average molecular weight is 548 g/mol. The summed E-state index contributed by atoms with van der Waals surface area (Å²) in [7, 11) is -4.44. The molecule has 4 aromatic rings. The SMILES string of the molecule is O=C1[C@H](CC[C@H](O)c2cccc(F)c2)[C@@H](c2ccc(-c3cccc(P(=O)(O)O)c3)cc2O)N1c1ccccc1. The molecule has 5 rings (SSSR count). The van der Waals surface area contributed by atoms with Crippen molar-refractivity contribution >= 4 is 24.5 Å². The molecule has 1 amide bonds. The number of hydrogen-bond acceptors (Lipinski definition) is 4. The van der Waals surface area contributed by atoms with E-state index in [1.165, 1.54) is 42.5 Å². The molecule has 0 saturated carbocycles. The van der Waals surface area contributed by atoms with Gasteiger partial charge < -0.3 is 24.9 Å². The highest BCUT2D eigenvalue weighted by atomic mass is 31.2. The lowest BCUT2D eigenvalue weighted by atomic mass is 9.77. The van der Waals surface area contributed by atoms with Crippen LogP contribution in [-0.4, -0.2) is 25.9 Å². The van der Waals surface area contributed by atoms with E-state index in [0.717, 1.165) is 0 Å². The van der Waals surface area contributed by atoms with Crippen molar-refractivity contribution in [2.45, 2.75) is 25.0 Å². The predicted octanol–water partition coefficient (Wildman–Crippen LogP) is 5.22. The Labute approximate surface area is 225 Å². The maximum Gasteiger partial charge on any atom is 0.356 e. The zero-order valence-corrected chi connectivity index (χ0v) is 21.7. The minimum atomic E-state index is -4.44. The Kier molecular flexibility index (Phi) is 7.38. The molecule has 0 aliphatic carbocycles. The van der Waals surface area contributed by atoms with Crippen LogP contribution in [0.3, 0.4) is 0 Å². The standard InChI is InChI=1S/C30H27FNO6P/c31-22-8-4-7-21(16-22)27(33)15-14-26-29(32(30(26)35)23-9-2-1-3-10-23)25-13-12-20(18-28(25)34)19-6-5-11-24(17-19)39(36,37)38/h1-13,16-18,26-27,29,33-34H,14-15H2,(H2,36,37,38)/t26-,27+,29-/m1/s1. The van der Waals surface area contributed by atoms with Crippen LogP contribution in [0.15, 0.2) is 97.1 Å². The van der Waals surface area contributed by atoms with Gasteiger partial charge in [0.05, 0.1) is 23.4 Å². The van der Waals surface area contributed by atoms with Crippen LogP contribution in [0.5, 0.6) is 5.75 Å². The van der Waals surface area contributed by atoms with E-state index in [2.05, 4.69) is 0 Å². The number of benzene rings is 4. The van der Waals surface area contributed by atoms with Gasteiger partial charge in [-0.3, -0.25) is 9.36 Å². The van der Waals surface area contributed by atoms with Crippen LogP contribution in [0.4, 0.5) is 10.1 Å². The number of aromatic hydroxyl groups is 1. The zero-order chi connectivity index (χ0) is 27.7. The molecule has 1 aliphatic rings. The van der Waals surface area contributed by atoms with E-state index in [1.54, 1.807) is 29.2 Å². The number of aliphatic hydroxyl groups is 1. The lowest BCUT2D eigenvalue weighted by molar-refractivity contribution is -0.131. The lowest BCUT2D eigenvalue weighted by Gasteiger charge is -2.48. The summed E-state index contributed by atoms with van der Waals surface area (Å²) in [5.41, 5.74) is 2.70. The first-order valence-corrected chi connectivity index (χ1v) is 14.1. The summed E-state index contributed by atoms with van der Waals surface area (Å²) in [5, 5.41) is 21.6. The summed E-state index contributed by atoms with van der Waals surface area (Å²) in [6.07, 6.45) is -0.402. The Balaban J connectivity index is 1.44. The van der Waals surface area contributed by atoms with Gasteiger partial charge in [0.2, 0.25) is 5.91 Å². The van der Waals surface area contributed by atoms with Crippen LogP contribution >= 0.6 is 7.60 Å². The number of carbonyl (C=O) groups excluding carboxylic acids is 1. The fourth-order valence-corrected chi connectivity index (χ4v) is 5.71. The first kappa shape index (κ1) is 26.8. The normalized spacial score (nSPS) is 18.1. The van der Waals surface area contributed by atoms with Crippen LogP contribution in [0.25, 0.3) is 11.1 Å². The Hall–Kier alpha value is -3.81. The van der Waals surface area contributed by atoms with Gasteiger partial charge in [0.1, 0.15) is 11.6 Å². The number of aliphatic hydroxyl groups excluding tert-OH is 1. The summed E-state index contributed by atoms with van der Waals surface area (Å²) < 4.78 is 25.3. The predicted molar refractivity (Wildman–Crippen MR) is 146 cm³/mol. The number of β-lactam (4-membered cyclic amide) rings is 1. The van der Waals surface area contributed by atoms with E-state index in [1.807, 2.05) is 30.3 Å². The fourth-order valence-electron chi connectivity index (χ4n) is 5.12. The summed E-state index contributed by atoms with van der Waals surface area (Å²) in [5.74, 6) is -1.18. The molecule has 3 atom stereocenters. The number of halogens is 1. The number of carbonyl (C=O) groups is 1. The van der Waals surface area contributed by atoms with E-state index in [0.29, 0.717) is 34.4 Å². The molecule has 7 nitrogen and oxygen atoms in total. The topological polar surface area (TPSA) is 118 Å². The molecule has 0 aromatic heterocycles. The first-order chi connectivity index (χ1) is 18.6. The number of nitrogens with zero attached hydrogens (tertiary/aromatic N) is 1. The van der Waals surface area contributed by atoms with Crippen LogP contribution in [0.1, 0.15) is 36.1 Å². The second-order valence-electron chi connectivity index (χ2n) is 9.61. The quantitative estimate of drug-likeness (QED) is 0.178. The molecule has 200 valence electrons. The monoisotopic (exact) mass is 547 g/mol. The number of anilines is 1. The summed E-state index contributed by atoms with van der Waals surface area (Å²) in [6.45, 7) is 0. The van der Waals surface area contributed by atoms with Crippen molar-refractivity contribution in [1.82, 2.24) is 0 Å². The molecule has 1 heterocycles. The number of phenols is 1. The molecular weight excluding hydrogens is 520 g/mol. The molecule has 1 aliphatic heterocycles. The third-order valence-electron chi connectivity index (χ3n) is 7.10. The van der Waals surface area contributed by atoms with Gasteiger partial charge in [0.25, 0.3) is 0 Å². The van der Waals surface area contributed by atoms with Crippen LogP contribution in [0, 0.1) is 11.7 Å². The molecular formula is C30H27FNO6P. The Morgan fingerprint density at radius 3 is 2.28 bits per heavy atom. The van der Waals surface area contributed by atoms with Crippen molar-refractivity contribution in [1.29, 1.82) is 0 Å². The van der Waals surface area contributed by atoms with E-state index < -0.39 is 31.5 Å². The highest BCUT2D eigenvalue weighted by Crippen LogP contribution is 2.49. The first-order valence-electron chi connectivity index (χ1n) is 12.4. The number of rotatable bonds is 8. The third-order valence-corrected chi connectivity index (χ3v) is 8.05. The van der Waals surface area contributed by atoms with Gasteiger partial charge in [-0.15, -0.1) is 0 Å². The largest absolute Gasteiger partial charge is 0.508 e. The Morgan fingerprint density at radius 2 is 1.59 bits per heavy atom. The minimum Gasteiger partial charge on any atom is -0.508 e. The van der Waals surface area contributed by atoms with Gasteiger partial charge in [-0.05, 0) is 72.0 Å². The summed E-state index contributed by atoms with van der Waals surface area (Å²) >= 11 is 0.